The monoisotopic (exact) mass is 361 g/mol. The van der Waals surface area contributed by atoms with Crippen LogP contribution in [-0.2, 0) is 20.8 Å². The number of nitrogens with one attached hydrogen (secondary N) is 2. The number of aliphatic carboxylic acids is 1. The summed E-state index contributed by atoms with van der Waals surface area (Å²) < 4.78 is 0. The van der Waals surface area contributed by atoms with E-state index in [4.69, 9.17) is 15.0 Å². The molecule has 4 N–H and O–H groups in total. The first-order valence-electron chi connectivity index (χ1n) is 8.48. The van der Waals surface area contributed by atoms with Gasteiger partial charge in [-0.25, -0.2) is 4.98 Å². The maximum absolute atomic E-state index is 12.2. The fourth-order valence-corrected chi connectivity index (χ4v) is 3.24. The van der Waals surface area contributed by atoms with Gasteiger partial charge in [0.05, 0.1) is 23.4 Å². The first-order valence-corrected chi connectivity index (χ1v) is 8.48. The SMILES string of the molecule is Cc1nc2ccc(CC(=O)NC3CCC(C(=O)O)CC3)cc2[nH]1.O=CO. The van der Waals surface area contributed by atoms with Gasteiger partial charge in [0.1, 0.15) is 5.82 Å². The maximum atomic E-state index is 12.2. The van der Waals surface area contributed by atoms with Crippen LogP contribution in [0.5, 0.6) is 0 Å². The molecule has 0 unspecified atom stereocenters. The van der Waals surface area contributed by atoms with E-state index < -0.39 is 5.97 Å². The van der Waals surface area contributed by atoms with Crippen LogP contribution in [0, 0.1) is 12.8 Å². The fourth-order valence-electron chi connectivity index (χ4n) is 3.24. The Hall–Kier alpha value is -2.90. The van der Waals surface area contributed by atoms with Gasteiger partial charge in [-0.1, -0.05) is 6.07 Å². The predicted octanol–water partition coefficient (Wildman–Crippen LogP) is 1.87. The lowest BCUT2D eigenvalue weighted by atomic mass is 9.86. The lowest BCUT2D eigenvalue weighted by Crippen LogP contribution is -2.39. The van der Waals surface area contributed by atoms with Crippen molar-refractivity contribution in [3.63, 3.8) is 0 Å². The zero-order valence-corrected chi connectivity index (χ0v) is 14.6. The first kappa shape index (κ1) is 19.4. The van der Waals surface area contributed by atoms with Crippen LogP contribution in [0.25, 0.3) is 11.0 Å². The number of aromatic amines is 1. The lowest BCUT2D eigenvalue weighted by molar-refractivity contribution is -0.142. The fraction of sp³-hybridized carbons (Fsp3) is 0.444. The van der Waals surface area contributed by atoms with E-state index in [0.29, 0.717) is 19.3 Å². The molecule has 1 saturated carbocycles. The number of benzene rings is 1. The molecule has 0 atom stereocenters. The van der Waals surface area contributed by atoms with Crippen molar-refractivity contribution in [3.05, 3.63) is 29.6 Å². The van der Waals surface area contributed by atoms with Gasteiger partial charge >= 0.3 is 5.97 Å². The van der Waals surface area contributed by atoms with Crippen LogP contribution in [0.4, 0.5) is 0 Å². The number of aryl methyl sites for hydroxylation is 1. The second kappa shape index (κ2) is 8.98. The third-order valence-electron chi connectivity index (χ3n) is 4.47. The van der Waals surface area contributed by atoms with Gasteiger partial charge in [-0.2, -0.15) is 0 Å². The largest absolute Gasteiger partial charge is 0.483 e. The molecule has 8 heteroatoms. The minimum absolute atomic E-state index is 0.0145. The summed E-state index contributed by atoms with van der Waals surface area (Å²) in [5.74, 6) is -0.136. The Morgan fingerprint density at radius 3 is 2.58 bits per heavy atom. The molecule has 1 aliphatic rings. The summed E-state index contributed by atoms with van der Waals surface area (Å²) >= 11 is 0. The molecule has 1 aromatic heterocycles. The molecule has 3 rings (SSSR count). The highest BCUT2D eigenvalue weighted by molar-refractivity contribution is 5.82. The normalized spacial score (nSPS) is 19.3. The summed E-state index contributed by atoms with van der Waals surface area (Å²) in [7, 11) is 0. The molecule has 1 aromatic carbocycles. The average molecular weight is 361 g/mol. The van der Waals surface area contributed by atoms with Crippen molar-refractivity contribution in [1.82, 2.24) is 15.3 Å². The van der Waals surface area contributed by atoms with E-state index in [9.17, 15) is 9.59 Å². The molecule has 0 aliphatic heterocycles. The minimum atomic E-state index is -0.724. The number of carbonyl (C=O) groups is 3. The van der Waals surface area contributed by atoms with Gasteiger partial charge in [-0.05, 0) is 50.3 Å². The van der Waals surface area contributed by atoms with Gasteiger partial charge in [0.2, 0.25) is 5.91 Å². The summed E-state index contributed by atoms with van der Waals surface area (Å²) in [5, 5.41) is 18.9. The van der Waals surface area contributed by atoms with Crippen molar-refractivity contribution in [1.29, 1.82) is 0 Å². The zero-order chi connectivity index (χ0) is 19.1. The van der Waals surface area contributed by atoms with E-state index >= 15 is 0 Å². The molecule has 1 amide bonds. The van der Waals surface area contributed by atoms with E-state index in [0.717, 1.165) is 35.3 Å². The van der Waals surface area contributed by atoms with Crippen LogP contribution in [0.1, 0.15) is 37.1 Å². The average Bonchev–Trinajstić information content (AvgIpc) is 2.95. The summed E-state index contributed by atoms with van der Waals surface area (Å²) in [6.07, 6.45) is 3.08. The standard InChI is InChI=1S/C17H21N3O3.CH2O2/c1-10-18-14-7-2-11(8-15(14)19-10)9-16(21)20-13-5-3-12(4-6-13)17(22)23;2-1-3/h2,7-8,12-13H,3-6,9H2,1H3,(H,18,19)(H,20,21)(H,22,23);1H,(H,2,3). The van der Waals surface area contributed by atoms with Crippen LogP contribution in [0.3, 0.4) is 0 Å². The number of fused-ring (bicyclic) bond motifs is 1. The van der Waals surface area contributed by atoms with E-state index in [1.54, 1.807) is 0 Å². The summed E-state index contributed by atoms with van der Waals surface area (Å²) in [6.45, 7) is 1.65. The number of hydrogen-bond donors (Lipinski definition) is 4. The number of carboxylic acids is 1. The van der Waals surface area contributed by atoms with Gasteiger partial charge < -0.3 is 20.5 Å². The highest BCUT2D eigenvalue weighted by Crippen LogP contribution is 2.24. The van der Waals surface area contributed by atoms with Gasteiger partial charge in [-0.3, -0.25) is 14.4 Å². The number of imidazole rings is 1. The quantitative estimate of drug-likeness (QED) is 0.615. The van der Waals surface area contributed by atoms with E-state index in [1.807, 2.05) is 25.1 Å². The number of carboxylic acid groups (broad SMARTS) is 2. The molecule has 2 aromatic rings. The van der Waals surface area contributed by atoms with Crippen molar-refractivity contribution in [3.8, 4) is 0 Å². The second-order valence-corrected chi connectivity index (χ2v) is 6.41. The molecule has 0 radical (unpaired) electrons. The number of amides is 1. The van der Waals surface area contributed by atoms with Crippen LogP contribution in [0.2, 0.25) is 0 Å². The van der Waals surface area contributed by atoms with Crippen molar-refractivity contribution in [2.45, 2.75) is 45.1 Å². The van der Waals surface area contributed by atoms with Gasteiger partial charge in [-0.15, -0.1) is 0 Å². The predicted molar refractivity (Wildman–Crippen MR) is 94.8 cm³/mol. The molecule has 1 heterocycles. The molecule has 0 spiro atoms. The Morgan fingerprint density at radius 1 is 1.31 bits per heavy atom. The molecular formula is C18H23N3O5. The number of carbonyl (C=O) groups excluding carboxylic acids is 1. The third-order valence-corrected chi connectivity index (χ3v) is 4.47. The molecule has 0 bridgehead atoms. The van der Waals surface area contributed by atoms with Crippen molar-refractivity contribution in [2.24, 2.45) is 5.92 Å². The van der Waals surface area contributed by atoms with Crippen molar-refractivity contribution < 1.29 is 24.6 Å². The summed E-state index contributed by atoms with van der Waals surface area (Å²) in [4.78, 5) is 39.0. The van der Waals surface area contributed by atoms with Crippen LogP contribution >= 0.6 is 0 Å². The minimum Gasteiger partial charge on any atom is -0.483 e. The van der Waals surface area contributed by atoms with Crippen molar-refractivity contribution in [2.75, 3.05) is 0 Å². The highest BCUT2D eigenvalue weighted by Gasteiger charge is 2.26. The van der Waals surface area contributed by atoms with Crippen molar-refractivity contribution >= 4 is 29.4 Å². The molecule has 1 fully saturated rings. The van der Waals surface area contributed by atoms with Crippen LogP contribution < -0.4 is 5.32 Å². The number of aromatic nitrogens is 2. The summed E-state index contributed by atoms with van der Waals surface area (Å²) in [5.41, 5.74) is 2.78. The molecule has 1 aliphatic carbocycles. The number of nitrogens with zero attached hydrogens (tertiary/aromatic N) is 1. The second-order valence-electron chi connectivity index (χ2n) is 6.41. The molecule has 26 heavy (non-hydrogen) atoms. The molecule has 0 saturated heterocycles. The van der Waals surface area contributed by atoms with Crippen LogP contribution in [-0.4, -0.2) is 44.6 Å². The van der Waals surface area contributed by atoms with Crippen LogP contribution in [0.15, 0.2) is 18.2 Å². The Morgan fingerprint density at radius 2 is 1.96 bits per heavy atom. The van der Waals surface area contributed by atoms with E-state index in [-0.39, 0.29) is 24.3 Å². The Labute approximate surface area is 150 Å². The smallest absolute Gasteiger partial charge is 0.306 e. The molecule has 8 nitrogen and oxygen atoms in total. The highest BCUT2D eigenvalue weighted by atomic mass is 16.4. The summed E-state index contributed by atoms with van der Waals surface area (Å²) in [6, 6.07) is 5.88. The van der Waals surface area contributed by atoms with E-state index in [2.05, 4.69) is 15.3 Å². The number of rotatable bonds is 4. The lowest BCUT2D eigenvalue weighted by Gasteiger charge is -2.26. The van der Waals surface area contributed by atoms with Gasteiger partial charge in [0.15, 0.2) is 0 Å². The third kappa shape index (κ3) is 5.30. The van der Waals surface area contributed by atoms with Gasteiger partial charge in [0.25, 0.3) is 6.47 Å². The number of hydrogen-bond acceptors (Lipinski definition) is 4. The topological polar surface area (TPSA) is 132 Å². The van der Waals surface area contributed by atoms with E-state index in [1.165, 1.54) is 0 Å². The Bertz CT molecular complexity index is 778. The molecule has 140 valence electrons. The number of H-pyrrole nitrogens is 1. The Balaban J connectivity index is 0.000000758. The molecular weight excluding hydrogens is 338 g/mol. The zero-order valence-electron chi connectivity index (χ0n) is 14.6. The Kier molecular flexibility index (Phi) is 6.71. The first-order chi connectivity index (χ1) is 12.4. The van der Waals surface area contributed by atoms with Gasteiger partial charge in [0, 0.05) is 6.04 Å². The maximum Gasteiger partial charge on any atom is 0.306 e.